The van der Waals surface area contributed by atoms with E-state index >= 15 is 0 Å². The lowest BCUT2D eigenvalue weighted by molar-refractivity contribution is 0.0947. The highest BCUT2D eigenvalue weighted by atomic mass is 16.2. The first-order valence-electron chi connectivity index (χ1n) is 10.4. The number of amides is 2. The zero-order valence-electron chi connectivity index (χ0n) is 16.9. The maximum absolute atomic E-state index is 13.3. The molecule has 0 saturated carbocycles. The van der Waals surface area contributed by atoms with Gasteiger partial charge in [-0.25, -0.2) is 4.98 Å². The summed E-state index contributed by atoms with van der Waals surface area (Å²) in [7, 11) is 0. The second kappa shape index (κ2) is 9.53. The van der Waals surface area contributed by atoms with Crippen molar-refractivity contribution in [3.05, 3.63) is 47.5 Å². The number of imidazole rings is 1. The Hall–Kier alpha value is -2.63. The van der Waals surface area contributed by atoms with Gasteiger partial charge < -0.3 is 14.8 Å². The predicted molar refractivity (Wildman–Crippen MR) is 111 cm³/mol. The Labute approximate surface area is 166 Å². The average molecular weight is 383 g/mol. The molecule has 0 atom stereocenters. The van der Waals surface area contributed by atoms with Crippen molar-refractivity contribution >= 4 is 17.5 Å². The lowest BCUT2D eigenvalue weighted by Gasteiger charge is -2.22. The number of carbonyl (C=O) groups is 2. The summed E-state index contributed by atoms with van der Waals surface area (Å²) in [5.41, 5.74) is 2.16. The fourth-order valence-electron chi connectivity index (χ4n) is 3.72. The normalized spacial score (nSPS) is 13.1. The molecular formula is C22H30N4O2. The van der Waals surface area contributed by atoms with E-state index in [0.29, 0.717) is 24.6 Å². The van der Waals surface area contributed by atoms with E-state index in [1.54, 1.807) is 4.90 Å². The van der Waals surface area contributed by atoms with E-state index in [4.69, 9.17) is 0 Å². The van der Waals surface area contributed by atoms with Crippen LogP contribution in [0.5, 0.6) is 0 Å². The molecule has 150 valence electrons. The first kappa shape index (κ1) is 20.1. The molecule has 1 aliphatic heterocycles. The van der Waals surface area contributed by atoms with Crippen LogP contribution in [0.25, 0.3) is 0 Å². The molecule has 6 nitrogen and oxygen atoms in total. The van der Waals surface area contributed by atoms with Crippen LogP contribution >= 0.6 is 0 Å². The fourth-order valence-corrected chi connectivity index (χ4v) is 3.72. The highest BCUT2D eigenvalue weighted by molar-refractivity contribution is 6.05. The molecule has 0 fully saturated rings. The van der Waals surface area contributed by atoms with Gasteiger partial charge in [-0.3, -0.25) is 9.59 Å². The molecule has 28 heavy (non-hydrogen) atoms. The van der Waals surface area contributed by atoms with Gasteiger partial charge in [-0.2, -0.15) is 0 Å². The molecule has 6 heteroatoms. The Morgan fingerprint density at radius 3 is 2.64 bits per heavy atom. The lowest BCUT2D eigenvalue weighted by atomic mass is 10.1. The Morgan fingerprint density at radius 1 is 1.14 bits per heavy atom. The van der Waals surface area contributed by atoms with Crippen LogP contribution in [-0.2, 0) is 13.0 Å². The number of rotatable bonds is 8. The number of anilines is 1. The zero-order valence-corrected chi connectivity index (χ0v) is 16.9. The summed E-state index contributed by atoms with van der Waals surface area (Å²) in [5.74, 6) is 0.0598. The number of para-hydroxylation sites is 1. The maximum atomic E-state index is 13.3. The van der Waals surface area contributed by atoms with Gasteiger partial charge >= 0.3 is 0 Å². The quantitative estimate of drug-likeness (QED) is 0.706. The molecule has 0 bridgehead atoms. The van der Waals surface area contributed by atoms with Crippen molar-refractivity contribution < 1.29 is 9.59 Å². The molecule has 2 aromatic rings. The molecule has 0 unspecified atom stereocenters. The number of benzene rings is 1. The maximum Gasteiger partial charge on any atom is 0.294 e. The molecule has 0 aliphatic carbocycles. The van der Waals surface area contributed by atoms with Crippen molar-refractivity contribution in [2.75, 3.05) is 18.0 Å². The van der Waals surface area contributed by atoms with Crippen LogP contribution in [0.15, 0.2) is 30.3 Å². The number of nitrogens with zero attached hydrogens (tertiary/aromatic N) is 3. The van der Waals surface area contributed by atoms with Crippen LogP contribution < -0.4 is 10.2 Å². The topological polar surface area (TPSA) is 67.2 Å². The van der Waals surface area contributed by atoms with E-state index < -0.39 is 0 Å². The molecule has 2 amide bonds. The number of nitrogens with one attached hydrogen (secondary N) is 1. The second-order valence-corrected chi connectivity index (χ2v) is 7.19. The SMILES string of the molecule is CCCCCNC(=O)c1nc(C(=O)N(CC)c2ccccc2)n2c1CCCC2. The molecular weight excluding hydrogens is 352 g/mol. The summed E-state index contributed by atoms with van der Waals surface area (Å²) in [6.07, 6.45) is 5.97. The largest absolute Gasteiger partial charge is 0.351 e. The van der Waals surface area contributed by atoms with Crippen LogP contribution in [0.3, 0.4) is 0 Å². The minimum Gasteiger partial charge on any atom is -0.351 e. The smallest absolute Gasteiger partial charge is 0.294 e. The zero-order chi connectivity index (χ0) is 19.9. The van der Waals surface area contributed by atoms with Crippen LogP contribution in [0, 0.1) is 0 Å². The summed E-state index contributed by atoms with van der Waals surface area (Å²) in [5, 5.41) is 2.97. The molecule has 1 aromatic carbocycles. The highest BCUT2D eigenvalue weighted by Gasteiger charge is 2.29. The van der Waals surface area contributed by atoms with Gasteiger partial charge in [-0.05, 0) is 44.7 Å². The molecule has 2 heterocycles. The first-order valence-corrected chi connectivity index (χ1v) is 10.4. The number of hydrogen-bond acceptors (Lipinski definition) is 3. The van der Waals surface area contributed by atoms with Crippen LogP contribution in [-0.4, -0.2) is 34.5 Å². The number of unbranched alkanes of at least 4 members (excludes halogenated alkanes) is 2. The summed E-state index contributed by atoms with van der Waals surface area (Å²) in [6.45, 7) is 6.01. The van der Waals surface area contributed by atoms with Gasteiger partial charge in [0.2, 0.25) is 5.82 Å². The number of hydrogen-bond donors (Lipinski definition) is 1. The summed E-state index contributed by atoms with van der Waals surface area (Å²) in [6, 6.07) is 9.61. The lowest BCUT2D eigenvalue weighted by Crippen LogP contribution is -2.33. The number of carbonyl (C=O) groups excluding carboxylic acids is 2. The first-order chi connectivity index (χ1) is 13.7. The van der Waals surface area contributed by atoms with Crippen molar-refractivity contribution in [3.63, 3.8) is 0 Å². The second-order valence-electron chi connectivity index (χ2n) is 7.19. The molecule has 3 rings (SSSR count). The van der Waals surface area contributed by atoms with E-state index in [2.05, 4.69) is 17.2 Å². The van der Waals surface area contributed by atoms with Crippen molar-refractivity contribution in [3.8, 4) is 0 Å². The monoisotopic (exact) mass is 382 g/mol. The molecule has 1 N–H and O–H groups in total. The van der Waals surface area contributed by atoms with E-state index in [-0.39, 0.29) is 11.8 Å². The fraction of sp³-hybridized carbons (Fsp3) is 0.500. The van der Waals surface area contributed by atoms with Crippen LogP contribution in [0.1, 0.15) is 72.8 Å². The summed E-state index contributed by atoms with van der Waals surface area (Å²) < 4.78 is 1.96. The summed E-state index contributed by atoms with van der Waals surface area (Å²) in [4.78, 5) is 32.3. The number of aromatic nitrogens is 2. The van der Waals surface area contributed by atoms with Gasteiger partial charge in [-0.15, -0.1) is 0 Å². The van der Waals surface area contributed by atoms with Crippen LogP contribution in [0.2, 0.25) is 0 Å². The van der Waals surface area contributed by atoms with Gasteiger partial charge in [0.05, 0.1) is 5.69 Å². The summed E-state index contributed by atoms with van der Waals surface area (Å²) >= 11 is 0. The Bertz CT molecular complexity index is 813. The molecule has 0 spiro atoms. The molecule has 1 aromatic heterocycles. The van der Waals surface area contributed by atoms with Gasteiger partial charge in [0.15, 0.2) is 0 Å². The standard InChI is InChI=1S/C22H30N4O2/c1-3-5-10-15-23-21(27)19-18-14-9-11-16-26(18)20(24-19)22(28)25(4-2)17-12-7-6-8-13-17/h6-8,12-13H,3-5,9-11,14-16H2,1-2H3,(H,23,27). The van der Waals surface area contributed by atoms with E-state index in [1.807, 2.05) is 41.8 Å². The van der Waals surface area contributed by atoms with Crippen molar-refractivity contribution in [1.82, 2.24) is 14.9 Å². The van der Waals surface area contributed by atoms with Crippen molar-refractivity contribution in [2.24, 2.45) is 0 Å². The van der Waals surface area contributed by atoms with Crippen molar-refractivity contribution in [1.29, 1.82) is 0 Å². The Kier molecular flexibility index (Phi) is 6.85. The van der Waals surface area contributed by atoms with Gasteiger partial charge in [0.25, 0.3) is 11.8 Å². The third kappa shape index (κ3) is 4.26. The Balaban J connectivity index is 1.88. The van der Waals surface area contributed by atoms with Gasteiger partial charge in [0.1, 0.15) is 5.69 Å². The minimum atomic E-state index is -0.163. The highest BCUT2D eigenvalue weighted by Crippen LogP contribution is 2.24. The third-order valence-electron chi connectivity index (χ3n) is 5.22. The average Bonchev–Trinajstić information content (AvgIpc) is 3.12. The number of fused-ring (bicyclic) bond motifs is 1. The minimum absolute atomic E-state index is 0.151. The molecule has 0 saturated heterocycles. The van der Waals surface area contributed by atoms with Crippen molar-refractivity contribution in [2.45, 2.75) is 58.9 Å². The third-order valence-corrected chi connectivity index (χ3v) is 5.22. The van der Waals surface area contributed by atoms with Gasteiger partial charge in [-0.1, -0.05) is 38.0 Å². The predicted octanol–water partition coefficient (Wildman–Crippen LogP) is 3.81. The van der Waals surface area contributed by atoms with Crippen LogP contribution in [0.4, 0.5) is 5.69 Å². The van der Waals surface area contributed by atoms with E-state index in [9.17, 15) is 9.59 Å². The van der Waals surface area contributed by atoms with E-state index in [1.165, 1.54) is 0 Å². The molecule has 1 aliphatic rings. The van der Waals surface area contributed by atoms with Gasteiger partial charge in [0, 0.05) is 25.3 Å². The Morgan fingerprint density at radius 2 is 1.93 bits per heavy atom. The van der Waals surface area contributed by atoms with E-state index in [0.717, 1.165) is 56.5 Å². The molecule has 0 radical (unpaired) electrons.